The van der Waals surface area contributed by atoms with Crippen LogP contribution in [0, 0.1) is 17.0 Å². The number of nitrogens with zero attached hydrogens (tertiary/aromatic N) is 2. The molecular formula is C15H16N4O3. The van der Waals surface area contributed by atoms with Crippen LogP contribution in [0.2, 0.25) is 0 Å². The number of anilines is 2. The van der Waals surface area contributed by atoms with Gasteiger partial charge in [-0.15, -0.1) is 0 Å². The minimum Gasteiger partial charge on any atom is -0.364 e. The van der Waals surface area contributed by atoms with Gasteiger partial charge in [-0.2, -0.15) is 0 Å². The van der Waals surface area contributed by atoms with Crippen molar-refractivity contribution in [1.29, 1.82) is 0 Å². The molecule has 1 aromatic carbocycles. The van der Waals surface area contributed by atoms with Crippen LogP contribution in [0.3, 0.4) is 0 Å². The molecule has 22 heavy (non-hydrogen) atoms. The molecule has 0 atom stereocenters. The zero-order chi connectivity index (χ0) is 15.9. The molecule has 1 heterocycles. The van der Waals surface area contributed by atoms with Crippen molar-refractivity contribution in [2.75, 3.05) is 17.2 Å². The van der Waals surface area contributed by atoms with Crippen LogP contribution in [-0.2, 0) is 4.79 Å². The molecule has 0 radical (unpaired) electrons. The van der Waals surface area contributed by atoms with Gasteiger partial charge in [0.05, 0.1) is 4.92 Å². The van der Waals surface area contributed by atoms with Gasteiger partial charge in [-0.1, -0.05) is 18.2 Å². The number of carbonyl (C=O) groups is 1. The number of benzene rings is 1. The van der Waals surface area contributed by atoms with Gasteiger partial charge in [0, 0.05) is 30.9 Å². The molecule has 0 spiro atoms. The highest BCUT2D eigenvalue weighted by Gasteiger charge is 2.15. The Balaban J connectivity index is 1.89. The monoisotopic (exact) mass is 300 g/mol. The SMILES string of the molecule is Cc1cnc(NCCC(=O)Nc2ccccc2)c([N+](=O)[O-])c1. The molecule has 0 fully saturated rings. The lowest BCUT2D eigenvalue weighted by Crippen LogP contribution is -2.17. The fourth-order valence-corrected chi connectivity index (χ4v) is 1.87. The Bertz CT molecular complexity index is 674. The Morgan fingerprint density at radius 2 is 2.05 bits per heavy atom. The van der Waals surface area contributed by atoms with E-state index in [1.165, 1.54) is 6.07 Å². The van der Waals surface area contributed by atoms with Gasteiger partial charge in [-0.25, -0.2) is 4.98 Å². The molecule has 0 saturated carbocycles. The van der Waals surface area contributed by atoms with Gasteiger partial charge in [0.2, 0.25) is 11.7 Å². The molecule has 114 valence electrons. The van der Waals surface area contributed by atoms with E-state index in [0.29, 0.717) is 11.3 Å². The van der Waals surface area contributed by atoms with E-state index in [1.54, 1.807) is 25.3 Å². The Labute approximate surface area is 127 Å². The molecule has 0 aliphatic carbocycles. The molecule has 1 aromatic heterocycles. The molecule has 2 rings (SSSR count). The minimum absolute atomic E-state index is 0.0940. The summed E-state index contributed by atoms with van der Waals surface area (Å²) in [6.07, 6.45) is 1.72. The van der Waals surface area contributed by atoms with Crippen molar-refractivity contribution >= 4 is 23.1 Å². The van der Waals surface area contributed by atoms with Crippen LogP contribution in [0.15, 0.2) is 42.6 Å². The third-order valence-corrected chi connectivity index (χ3v) is 2.90. The fraction of sp³-hybridized carbons (Fsp3) is 0.200. The molecule has 0 saturated heterocycles. The van der Waals surface area contributed by atoms with Gasteiger partial charge in [0.25, 0.3) is 0 Å². The maximum Gasteiger partial charge on any atom is 0.311 e. The van der Waals surface area contributed by atoms with Gasteiger partial charge in [-0.05, 0) is 24.6 Å². The summed E-state index contributed by atoms with van der Waals surface area (Å²) in [4.78, 5) is 26.2. The highest BCUT2D eigenvalue weighted by atomic mass is 16.6. The number of pyridine rings is 1. The number of aryl methyl sites for hydroxylation is 1. The summed E-state index contributed by atoms with van der Waals surface area (Å²) in [5.74, 6) is -0.00317. The third-order valence-electron chi connectivity index (χ3n) is 2.90. The second-order valence-electron chi connectivity index (χ2n) is 4.73. The van der Waals surface area contributed by atoms with Crippen molar-refractivity contribution in [3.05, 3.63) is 58.3 Å². The maximum absolute atomic E-state index is 11.8. The number of hydrogen-bond acceptors (Lipinski definition) is 5. The molecule has 2 aromatic rings. The minimum atomic E-state index is -0.494. The van der Waals surface area contributed by atoms with Crippen molar-refractivity contribution < 1.29 is 9.72 Å². The molecular weight excluding hydrogens is 284 g/mol. The molecule has 0 bridgehead atoms. The summed E-state index contributed by atoms with van der Waals surface area (Å²) < 4.78 is 0. The molecule has 0 aliphatic heterocycles. The number of carbonyl (C=O) groups excluding carboxylic acids is 1. The van der Waals surface area contributed by atoms with Crippen molar-refractivity contribution in [2.24, 2.45) is 0 Å². The van der Waals surface area contributed by atoms with Crippen molar-refractivity contribution in [3.63, 3.8) is 0 Å². The lowest BCUT2D eigenvalue weighted by atomic mass is 10.2. The smallest absolute Gasteiger partial charge is 0.311 e. The maximum atomic E-state index is 11.8. The molecule has 0 aliphatic rings. The number of aromatic nitrogens is 1. The Hall–Kier alpha value is -2.96. The first-order chi connectivity index (χ1) is 10.6. The normalized spacial score (nSPS) is 10.0. The second-order valence-corrected chi connectivity index (χ2v) is 4.73. The van der Waals surface area contributed by atoms with E-state index in [2.05, 4.69) is 15.6 Å². The number of nitro groups is 1. The van der Waals surface area contributed by atoms with Crippen LogP contribution in [0.5, 0.6) is 0 Å². The Morgan fingerprint density at radius 3 is 2.73 bits per heavy atom. The first kappa shape index (κ1) is 15.4. The third kappa shape index (κ3) is 4.27. The topological polar surface area (TPSA) is 97.2 Å². The van der Waals surface area contributed by atoms with E-state index in [-0.39, 0.29) is 30.4 Å². The summed E-state index contributed by atoms with van der Waals surface area (Å²) in [6.45, 7) is 1.99. The van der Waals surface area contributed by atoms with Crippen LogP contribution in [0.4, 0.5) is 17.2 Å². The van der Waals surface area contributed by atoms with Crippen molar-refractivity contribution in [1.82, 2.24) is 4.98 Å². The van der Waals surface area contributed by atoms with Gasteiger partial charge >= 0.3 is 5.69 Å². The van der Waals surface area contributed by atoms with E-state index in [4.69, 9.17) is 0 Å². The second kappa shape index (κ2) is 7.16. The summed E-state index contributed by atoms with van der Waals surface area (Å²) >= 11 is 0. The molecule has 2 N–H and O–H groups in total. The van der Waals surface area contributed by atoms with Gasteiger partial charge in [-0.3, -0.25) is 14.9 Å². The molecule has 7 heteroatoms. The van der Waals surface area contributed by atoms with Crippen molar-refractivity contribution in [2.45, 2.75) is 13.3 Å². The summed E-state index contributed by atoms with van der Waals surface area (Å²) in [6, 6.07) is 10.5. The Morgan fingerprint density at radius 1 is 1.32 bits per heavy atom. The van der Waals surface area contributed by atoms with Crippen molar-refractivity contribution in [3.8, 4) is 0 Å². The average Bonchev–Trinajstić information content (AvgIpc) is 2.49. The standard InChI is InChI=1S/C15H16N4O3/c1-11-9-13(19(21)22)15(17-10-11)16-8-7-14(20)18-12-5-3-2-4-6-12/h2-6,9-10H,7-8H2,1H3,(H,16,17)(H,18,20). The van der Waals surface area contributed by atoms with Crippen LogP contribution in [0.25, 0.3) is 0 Å². The lowest BCUT2D eigenvalue weighted by Gasteiger charge is -2.07. The number of para-hydroxylation sites is 1. The van der Waals surface area contributed by atoms with Crippen LogP contribution >= 0.6 is 0 Å². The summed E-state index contributed by atoms with van der Waals surface area (Å²) in [7, 11) is 0. The van der Waals surface area contributed by atoms with E-state index in [1.807, 2.05) is 18.2 Å². The lowest BCUT2D eigenvalue weighted by molar-refractivity contribution is -0.384. The number of nitrogens with one attached hydrogen (secondary N) is 2. The van der Waals surface area contributed by atoms with Gasteiger partial charge in [0.15, 0.2) is 0 Å². The van der Waals surface area contributed by atoms with E-state index in [9.17, 15) is 14.9 Å². The fourth-order valence-electron chi connectivity index (χ4n) is 1.87. The molecule has 7 nitrogen and oxygen atoms in total. The van der Waals surface area contributed by atoms with Crippen LogP contribution in [-0.4, -0.2) is 22.4 Å². The predicted molar refractivity (Wildman–Crippen MR) is 83.8 cm³/mol. The van der Waals surface area contributed by atoms with Gasteiger partial charge in [0.1, 0.15) is 0 Å². The molecule has 0 unspecified atom stereocenters. The molecule has 1 amide bonds. The quantitative estimate of drug-likeness (QED) is 0.631. The largest absolute Gasteiger partial charge is 0.364 e. The summed E-state index contributed by atoms with van der Waals surface area (Å²) in [5, 5.41) is 16.5. The zero-order valence-electron chi connectivity index (χ0n) is 12.1. The number of amides is 1. The number of rotatable bonds is 6. The Kier molecular flexibility index (Phi) is 5.02. The van der Waals surface area contributed by atoms with Crippen LogP contribution in [0.1, 0.15) is 12.0 Å². The predicted octanol–water partition coefficient (Wildman–Crippen LogP) is 2.74. The first-order valence-electron chi connectivity index (χ1n) is 6.76. The zero-order valence-corrected chi connectivity index (χ0v) is 12.1. The van der Waals surface area contributed by atoms with Gasteiger partial charge < -0.3 is 10.6 Å². The highest BCUT2D eigenvalue weighted by Crippen LogP contribution is 2.22. The van der Waals surface area contributed by atoms with E-state index < -0.39 is 4.92 Å². The highest BCUT2D eigenvalue weighted by molar-refractivity contribution is 5.90. The van der Waals surface area contributed by atoms with E-state index in [0.717, 1.165) is 0 Å². The first-order valence-corrected chi connectivity index (χ1v) is 6.76. The summed E-state index contributed by atoms with van der Waals surface area (Å²) in [5.41, 5.74) is 1.33. The van der Waals surface area contributed by atoms with Crippen LogP contribution < -0.4 is 10.6 Å². The average molecular weight is 300 g/mol. The van der Waals surface area contributed by atoms with E-state index >= 15 is 0 Å². The number of hydrogen-bond donors (Lipinski definition) is 2.